The zero-order chi connectivity index (χ0) is 24.1. The molecule has 0 radical (unpaired) electrons. The van der Waals surface area contributed by atoms with Crippen molar-refractivity contribution >= 4 is 29.1 Å². The predicted octanol–water partition coefficient (Wildman–Crippen LogP) is 2.44. The number of alkyl halides is 3. The molecule has 0 bridgehead atoms. The van der Waals surface area contributed by atoms with Gasteiger partial charge in [-0.25, -0.2) is 4.39 Å². The SMILES string of the molecule is Nc1ccc(N2CC(=O)N(Cc3ccc(C(F)(F)F)cc3)[C@]3(C[C@H](C(N)=O)C3)C2=O)c(F)c1. The van der Waals surface area contributed by atoms with E-state index in [0.29, 0.717) is 5.56 Å². The molecule has 4 N–H and O–H groups in total. The van der Waals surface area contributed by atoms with Crippen LogP contribution in [-0.4, -0.2) is 34.7 Å². The Morgan fingerprint density at radius 2 is 1.73 bits per heavy atom. The fourth-order valence-electron chi connectivity index (χ4n) is 4.41. The number of carbonyl (C=O) groups is 3. The van der Waals surface area contributed by atoms with E-state index < -0.39 is 53.3 Å². The van der Waals surface area contributed by atoms with Gasteiger partial charge in [0.05, 0.1) is 11.3 Å². The maximum absolute atomic E-state index is 14.5. The summed E-state index contributed by atoms with van der Waals surface area (Å²) in [4.78, 5) is 40.5. The van der Waals surface area contributed by atoms with Crippen molar-refractivity contribution in [1.82, 2.24) is 4.90 Å². The highest BCUT2D eigenvalue weighted by atomic mass is 19.4. The van der Waals surface area contributed by atoms with Crippen LogP contribution in [0.3, 0.4) is 0 Å². The second kappa shape index (κ2) is 7.75. The van der Waals surface area contributed by atoms with E-state index in [1.165, 1.54) is 29.2 Å². The Labute approximate surface area is 185 Å². The predicted molar refractivity (Wildman–Crippen MR) is 110 cm³/mol. The Morgan fingerprint density at radius 1 is 1.09 bits per heavy atom. The first-order chi connectivity index (χ1) is 15.4. The molecule has 33 heavy (non-hydrogen) atoms. The molecular weight excluding hydrogens is 444 g/mol. The Bertz CT molecular complexity index is 1130. The van der Waals surface area contributed by atoms with E-state index >= 15 is 0 Å². The molecule has 7 nitrogen and oxygen atoms in total. The summed E-state index contributed by atoms with van der Waals surface area (Å²) in [5, 5.41) is 0. The standard InChI is InChI=1S/C22H20F4N4O3/c23-16-7-15(27)5-6-17(16)29-11-18(31)30(21(20(29)33)8-13(9-21)19(28)32)10-12-1-3-14(4-2-12)22(24,25)26/h1-7,13H,8-11,27H2,(H2,28,32)/t13-,21-. The summed E-state index contributed by atoms with van der Waals surface area (Å²) in [7, 11) is 0. The van der Waals surface area contributed by atoms with E-state index in [1.54, 1.807) is 0 Å². The number of amides is 3. The molecule has 2 aromatic carbocycles. The second-order valence-corrected chi connectivity index (χ2v) is 8.32. The molecule has 1 aliphatic heterocycles. The van der Waals surface area contributed by atoms with Crippen LogP contribution >= 0.6 is 0 Å². The van der Waals surface area contributed by atoms with E-state index in [1.807, 2.05) is 0 Å². The largest absolute Gasteiger partial charge is 0.416 e. The van der Waals surface area contributed by atoms with Crippen LogP contribution in [0.5, 0.6) is 0 Å². The molecule has 11 heteroatoms. The second-order valence-electron chi connectivity index (χ2n) is 8.32. The zero-order valence-corrected chi connectivity index (χ0v) is 17.2. The molecular formula is C22H20F4N4O3. The molecule has 0 atom stereocenters. The van der Waals surface area contributed by atoms with Gasteiger partial charge in [-0.3, -0.25) is 19.3 Å². The number of halogens is 4. The van der Waals surface area contributed by atoms with Gasteiger partial charge in [-0.05, 0) is 48.7 Å². The third kappa shape index (κ3) is 3.87. The lowest BCUT2D eigenvalue weighted by Gasteiger charge is -2.56. The van der Waals surface area contributed by atoms with Gasteiger partial charge in [0.25, 0.3) is 5.91 Å². The number of hydrogen-bond donors (Lipinski definition) is 2. The van der Waals surface area contributed by atoms with Crippen molar-refractivity contribution in [2.75, 3.05) is 17.2 Å². The minimum absolute atomic E-state index is 0.0549. The van der Waals surface area contributed by atoms with Crippen LogP contribution in [0.2, 0.25) is 0 Å². The van der Waals surface area contributed by atoms with Gasteiger partial charge in [-0.1, -0.05) is 12.1 Å². The van der Waals surface area contributed by atoms with Crippen molar-refractivity contribution in [3.63, 3.8) is 0 Å². The molecule has 0 unspecified atom stereocenters. The van der Waals surface area contributed by atoms with Crippen LogP contribution in [0.25, 0.3) is 0 Å². The van der Waals surface area contributed by atoms with Crippen LogP contribution in [0.1, 0.15) is 24.0 Å². The monoisotopic (exact) mass is 464 g/mol. The highest BCUT2D eigenvalue weighted by molar-refractivity contribution is 6.10. The summed E-state index contributed by atoms with van der Waals surface area (Å²) in [6.07, 6.45) is -4.62. The van der Waals surface area contributed by atoms with Crippen LogP contribution < -0.4 is 16.4 Å². The molecule has 1 saturated heterocycles. The topological polar surface area (TPSA) is 110 Å². The van der Waals surface area contributed by atoms with E-state index in [-0.39, 0.29) is 30.8 Å². The summed E-state index contributed by atoms with van der Waals surface area (Å²) in [6, 6.07) is 7.95. The van der Waals surface area contributed by atoms with Gasteiger partial charge >= 0.3 is 6.18 Å². The summed E-state index contributed by atoms with van der Waals surface area (Å²) in [6.45, 7) is -0.616. The molecule has 1 heterocycles. The summed E-state index contributed by atoms with van der Waals surface area (Å²) >= 11 is 0. The van der Waals surface area contributed by atoms with E-state index in [4.69, 9.17) is 11.5 Å². The van der Waals surface area contributed by atoms with Gasteiger partial charge < -0.3 is 16.4 Å². The first-order valence-corrected chi connectivity index (χ1v) is 10.1. The molecule has 174 valence electrons. The van der Waals surface area contributed by atoms with Gasteiger partial charge in [-0.15, -0.1) is 0 Å². The number of anilines is 2. The average Bonchev–Trinajstić information content (AvgIpc) is 2.69. The molecule has 2 aliphatic rings. The van der Waals surface area contributed by atoms with Crippen molar-refractivity contribution in [2.24, 2.45) is 11.7 Å². The molecule has 2 fully saturated rings. The average molecular weight is 464 g/mol. The van der Waals surface area contributed by atoms with Gasteiger partial charge in [0.15, 0.2) is 0 Å². The van der Waals surface area contributed by atoms with Gasteiger partial charge in [0.1, 0.15) is 17.9 Å². The molecule has 1 saturated carbocycles. The molecule has 2 aromatic rings. The maximum Gasteiger partial charge on any atom is 0.416 e. The highest BCUT2D eigenvalue weighted by Crippen LogP contribution is 2.47. The lowest BCUT2D eigenvalue weighted by Crippen LogP contribution is -2.73. The first kappa shape index (κ1) is 22.6. The Kier molecular flexibility index (Phi) is 5.30. The number of hydrogen-bond acceptors (Lipinski definition) is 4. The summed E-state index contributed by atoms with van der Waals surface area (Å²) in [5.74, 6) is -3.20. The van der Waals surface area contributed by atoms with E-state index in [0.717, 1.165) is 23.1 Å². The fourth-order valence-corrected chi connectivity index (χ4v) is 4.41. The number of piperazine rings is 1. The third-order valence-corrected chi connectivity index (χ3v) is 6.21. The Hall–Kier alpha value is -3.63. The Morgan fingerprint density at radius 3 is 2.27 bits per heavy atom. The number of primary amides is 1. The minimum atomic E-state index is -4.51. The van der Waals surface area contributed by atoms with Gasteiger partial charge in [0.2, 0.25) is 11.8 Å². The van der Waals surface area contributed by atoms with Crippen molar-refractivity contribution in [3.8, 4) is 0 Å². The number of nitrogen functional groups attached to an aromatic ring is 1. The number of carbonyl (C=O) groups excluding carboxylic acids is 3. The van der Waals surface area contributed by atoms with Gasteiger partial charge in [-0.2, -0.15) is 13.2 Å². The molecule has 1 aliphatic carbocycles. The molecule has 3 amide bonds. The minimum Gasteiger partial charge on any atom is -0.399 e. The maximum atomic E-state index is 14.5. The van der Waals surface area contributed by atoms with Gasteiger partial charge in [0, 0.05) is 18.2 Å². The first-order valence-electron chi connectivity index (χ1n) is 10.1. The smallest absolute Gasteiger partial charge is 0.399 e. The normalized spacial score (nSPS) is 23.1. The summed E-state index contributed by atoms with van der Waals surface area (Å²) < 4.78 is 53.1. The number of nitrogens with two attached hydrogens (primary N) is 2. The van der Waals surface area contributed by atoms with Crippen LogP contribution in [0.15, 0.2) is 42.5 Å². The van der Waals surface area contributed by atoms with Crippen LogP contribution in [0, 0.1) is 11.7 Å². The Balaban J connectivity index is 1.67. The summed E-state index contributed by atoms with van der Waals surface area (Å²) in [5.41, 5.74) is 9.02. The number of benzene rings is 2. The zero-order valence-electron chi connectivity index (χ0n) is 17.2. The van der Waals surface area contributed by atoms with E-state index in [2.05, 4.69) is 0 Å². The van der Waals surface area contributed by atoms with Crippen molar-refractivity contribution in [2.45, 2.75) is 31.1 Å². The van der Waals surface area contributed by atoms with Crippen molar-refractivity contribution in [1.29, 1.82) is 0 Å². The number of nitrogens with zero attached hydrogens (tertiary/aromatic N) is 2. The quantitative estimate of drug-likeness (QED) is 0.535. The lowest BCUT2D eigenvalue weighted by atomic mass is 9.64. The van der Waals surface area contributed by atoms with Crippen molar-refractivity contribution < 1.29 is 31.9 Å². The molecule has 4 rings (SSSR count). The van der Waals surface area contributed by atoms with E-state index in [9.17, 15) is 31.9 Å². The number of rotatable bonds is 4. The van der Waals surface area contributed by atoms with Crippen LogP contribution in [0.4, 0.5) is 28.9 Å². The third-order valence-electron chi connectivity index (χ3n) is 6.21. The van der Waals surface area contributed by atoms with Crippen molar-refractivity contribution in [3.05, 3.63) is 59.4 Å². The highest BCUT2D eigenvalue weighted by Gasteiger charge is 2.61. The molecule has 0 aromatic heterocycles. The fraction of sp³-hybridized carbons (Fsp3) is 0.318. The lowest BCUT2D eigenvalue weighted by molar-refractivity contribution is -0.164. The van der Waals surface area contributed by atoms with Crippen LogP contribution in [-0.2, 0) is 27.1 Å². The molecule has 1 spiro atoms.